The van der Waals surface area contributed by atoms with E-state index in [1.807, 2.05) is 12.3 Å². The lowest BCUT2D eigenvalue weighted by Crippen LogP contribution is -2.10. The van der Waals surface area contributed by atoms with Gasteiger partial charge in [-0.2, -0.15) is 0 Å². The van der Waals surface area contributed by atoms with Crippen LogP contribution >= 0.6 is 11.3 Å². The van der Waals surface area contributed by atoms with Gasteiger partial charge in [-0.1, -0.05) is 12.0 Å². The molecule has 1 unspecified atom stereocenters. The average Bonchev–Trinajstić information content (AvgIpc) is 2.63. The van der Waals surface area contributed by atoms with Crippen molar-refractivity contribution in [3.63, 3.8) is 0 Å². The van der Waals surface area contributed by atoms with E-state index in [1.54, 1.807) is 23.5 Å². The lowest BCUT2D eigenvalue weighted by molar-refractivity contribution is -0.118. The number of hydrogen-bond acceptors (Lipinski definition) is 3. The Morgan fingerprint density at radius 2 is 2.40 bits per heavy atom. The van der Waals surface area contributed by atoms with Crippen molar-refractivity contribution in [1.82, 2.24) is 4.98 Å². The Morgan fingerprint density at radius 3 is 3.07 bits per heavy atom. The maximum Gasteiger partial charge on any atom is 0.264 e. The van der Waals surface area contributed by atoms with Gasteiger partial charge in [0.05, 0.1) is 5.01 Å². The minimum Gasteiger partial charge on any atom is -0.271 e. The highest BCUT2D eigenvalue weighted by Crippen LogP contribution is 2.08. The second kappa shape index (κ2) is 4.20. The van der Waals surface area contributed by atoms with Crippen molar-refractivity contribution in [1.29, 1.82) is 0 Å². The molecule has 1 aromatic rings. The van der Waals surface area contributed by atoms with Crippen molar-refractivity contribution in [2.75, 3.05) is 0 Å². The maximum atomic E-state index is 11.3. The van der Waals surface area contributed by atoms with E-state index in [0.717, 1.165) is 5.01 Å². The average molecular weight is 216 g/mol. The maximum absolute atomic E-state index is 11.3. The molecule has 1 amide bonds. The summed E-state index contributed by atoms with van der Waals surface area (Å²) in [5, 5.41) is 2.85. The van der Waals surface area contributed by atoms with Gasteiger partial charge in [0.15, 0.2) is 0 Å². The quantitative estimate of drug-likeness (QED) is 0.618. The second-order valence-electron chi connectivity index (χ2n) is 3.00. The van der Waals surface area contributed by atoms with Crippen molar-refractivity contribution < 1.29 is 4.79 Å². The van der Waals surface area contributed by atoms with Crippen LogP contribution in [0.15, 0.2) is 22.5 Å². The summed E-state index contributed by atoms with van der Waals surface area (Å²) in [6.07, 6.45) is 4.95. The minimum absolute atomic E-state index is 0.211. The molecule has 2 heterocycles. The molecule has 0 aliphatic carbocycles. The highest BCUT2D eigenvalue weighted by atomic mass is 32.1. The summed E-state index contributed by atoms with van der Waals surface area (Å²) in [4.78, 5) is 19.1. The van der Waals surface area contributed by atoms with Crippen LogP contribution in [0.3, 0.4) is 0 Å². The molecule has 0 saturated heterocycles. The van der Waals surface area contributed by atoms with Crippen LogP contribution in [0.4, 0.5) is 0 Å². The SMILES string of the molecule is Cc1nc(C#CC2C=CC=NC2=O)cs1. The Kier molecular flexibility index (Phi) is 2.75. The number of hydrogen-bond donors (Lipinski definition) is 0. The lowest BCUT2D eigenvalue weighted by atomic mass is 10.1. The van der Waals surface area contributed by atoms with Crippen molar-refractivity contribution >= 4 is 23.5 Å². The van der Waals surface area contributed by atoms with Gasteiger partial charge in [-0.3, -0.25) is 4.79 Å². The van der Waals surface area contributed by atoms with E-state index >= 15 is 0 Å². The molecular formula is C11H8N2OS. The molecule has 4 heteroatoms. The minimum atomic E-state index is -0.419. The molecular weight excluding hydrogens is 208 g/mol. The first-order valence-corrected chi connectivity index (χ1v) is 5.32. The summed E-state index contributed by atoms with van der Waals surface area (Å²) in [6, 6.07) is 0. The number of thiazole rings is 1. The summed E-state index contributed by atoms with van der Waals surface area (Å²) in [5.41, 5.74) is 0.716. The van der Waals surface area contributed by atoms with Crippen LogP contribution in [0, 0.1) is 24.7 Å². The number of aryl methyl sites for hydroxylation is 1. The molecule has 1 aliphatic heterocycles. The number of aliphatic imine (C=N–C) groups is 1. The molecule has 1 atom stereocenters. The van der Waals surface area contributed by atoms with Crippen molar-refractivity contribution in [2.24, 2.45) is 10.9 Å². The molecule has 3 nitrogen and oxygen atoms in total. The molecule has 0 spiro atoms. The van der Waals surface area contributed by atoms with E-state index in [0.29, 0.717) is 5.69 Å². The van der Waals surface area contributed by atoms with Crippen LogP contribution in [-0.4, -0.2) is 17.1 Å². The van der Waals surface area contributed by atoms with Crippen LogP contribution in [-0.2, 0) is 4.79 Å². The topological polar surface area (TPSA) is 42.3 Å². The molecule has 0 saturated carbocycles. The van der Waals surface area contributed by atoms with E-state index in [1.165, 1.54) is 6.21 Å². The van der Waals surface area contributed by atoms with Crippen LogP contribution in [0.2, 0.25) is 0 Å². The fourth-order valence-corrected chi connectivity index (χ4v) is 1.67. The predicted octanol–water partition coefficient (Wildman–Crippen LogP) is 1.59. The number of aromatic nitrogens is 1. The Hall–Kier alpha value is -1.73. The van der Waals surface area contributed by atoms with Crippen molar-refractivity contribution in [3.8, 4) is 11.8 Å². The van der Waals surface area contributed by atoms with Gasteiger partial charge in [-0.05, 0) is 18.9 Å². The number of amides is 1. The Labute approximate surface area is 91.6 Å². The Balaban J connectivity index is 2.15. The number of dihydropyridines is 1. The lowest BCUT2D eigenvalue weighted by Gasteiger charge is -2.01. The number of carbonyl (C=O) groups excluding carboxylic acids is 1. The third-order valence-electron chi connectivity index (χ3n) is 1.83. The van der Waals surface area contributed by atoms with Crippen LogP contribution in [0.1, 0.15) is 10.7 Å². The smallest absolute Gasteiger partial charge is 0.264 e. The first kappa shape index (κ1) is 9.81. The zero-order chi connectivity index (χ0) is 10.7. The first-order valence-electron chi connectivity index (χ1n) is 4.44. The fraction of sp³-hybridized carbons (Fsp3) is 0.182. The molecule has 0 bridgehead atoms. The molecule has 0 radical (unpaired) electrons. The van der Waals surface area contributed by atoms with E-state index in [2.05, 4.69) is 21.8 Å². The van der Waals surface area contributed by atoms with Gasteiger partial charge in [-0.15, -0.1) is 11.3 Å². The summed E-state index contributed by atoms with van der Waals surface area (Å²) >= 11 is 1.55. The van der Waals surface area contributed by atoms with Crippen LogP contribution in [0.5, 0.6) is 0 Å². The molecule has 0 fully saturated rings. The molecule has 74 valence electrons. The van der Waals surface area contributed by atoms with Gasteiger partial charge < -0.3 is 0 Å². The Morgan fingerprint density at radius 1 is 1.53 bits per heavy atom. The second-order valence-corrected chi connectivity index (χ2v) is 4.06. The standard InChI is InChI=1S/C11H8N2OS/c1-8-13-10(7-15-8)5-4-9-3-2-6-12-11(9)14/h2-3,6-7,9H,1H3. The van der Waals surface area contributed by atoms with E-state index < -0.39 is 5.92 Å². The summed E-state index contributed by atoms with van der Waals surface area (Å²) in [6.45, 7) is 1.92. The van der Waals surface area contributed by atoms with Crippen molar-refractivity contribution in [3.05, 3.63) is 28.2 Å². The van der Waals surface area contributed by atoms with E-state index in [4.69, 9.17) is 0 Å². The van der Waals surface area contributed by atoms with Gasteiger partial charge in [-0.25, -0.2) is 9.98 Å². The van der Waals surface area contributed by atoms with Gasteiger partial charge in [0, 0.05) is 11.6 Å². The van der Waals surface area contributed by atoms with Gasteiger partial charge >= 0.3 is 0 Å². The zero-order valence-electron chi connectivity index (χ0n) is 8.10. The summed E-state index contributed by atoms with van der Waals surface area (Å²) < 4.78 is 0. The van der Waals surface area contributed by atoms with E-state index in [9.17, 15) is 4.79 Å². The molecule has 1 aliphatic rings. The van der Waals surface area contributed by atoms with Gasteiger partial charge in [0.1, 0.15) is 11.6 Å². The molecule has 2 rings (SSSR count). The predicted molar refractivity (Wildman–Crippen MR) is 59.9 cm³/mol. The van der Waals surface area contributed by atoms with Gasteiger partial charge in [0.25, 0.3) is 5.91 Å². The molecule has 0 N–H and O–H groups in total. The highest BCUT2D eigenvalue weighted by Gasteiger charge is 2.12. The number of allylic oxidation sites excluding steroid dienone is 1. The number of rotatable bonds is 0. The monoisotopic (exact) mass is 216 g/mol. The van der Waals surface area contributed by atoms with E-state index in [-0.39, 0.29) is 5.91 Å². The third kappa shape index (κ3) is 2.39. The third-order valence-corrected chi connectivity index (χ3v) is 2.61. The molecule has 1 aromatic heterocycles. The van der Waals surface area contributed by atoms with Crippen LogP contribution in [0.25, 0.3) is 0 Å². The van der Waals surface area contributed by atoms with Crippen LogP contribution < -0.4 is 0 Å². The normalized spacial score (nSPS) is 18.7. The fourth-order valence-electron chi connectivity index (χ4n) is 1.12. The molecule has 15 heavy (non-hydrogen) atoms. The Bertz CT molecular complexity index is 502. The largest absolute Gasteiger partial charge is 0.271 e. The van der Waals surface area contributed by atoms with Crippen molar-refractivity contribution in [2.45, 2.75) is 6.92 Å². The highest BCUT2D eigenvalue weighted by molar-refractivity contribution is 7.09. The molecule has 0 aromatic carbocycles. The summed E-state index contributed by atoms with van der Waals surface area (Å²) in [7, 11) is 0. The zero-order valence-corrected chi connectivity index (χ0v) is 8.91. The number of carbonyl (C=O) groups is 1. The first-order chi connectivity index (χ1) is 7.25. The number of nitrogens with zero attached hydrogens (tertiary/aromatic N) is 2. The summed E-state index contributed by atoms with van der Waals surface area (Å²) in [5.74, 6) is 5.08. The van der Waals surface area contributed by atoms with Gasteiger partial charge in [0.2, 0.25) is 0 Å².